The Hall–Kier alpha value is -0.710. The summed E-state index contributed by atoms with van der Waals surface area (Å²) in [5, 5.41) is 16.8. The van der Waals surface area contributed by atoms with Gasteiger partial charge in [0, 0.05) is 6.42 Å². The Bertz CT molecular complexity index is 299. The van der Waals surface area contributed by atoms with Crippen LogP contribution in [0, 0.1) is 0 Å². The van der Waals surface area contributed by atoms with Gasteiger partial charge in [0.15, 0.2) is 0 Å². The maximum Gasteiger partial charge on any atom is 0.460 e. The Morgan fingerprint density at radius 2 is 1.21 bits per heavy atom. The first kappa shape index (κ1) is 18.3. The molecule has 0 aromatic carbocycles. The Morgan fingerprint density at radius 1 is 0.789 bits per heavy atom. The number of rotatable bonds is 6. The van der Waals surface area contributed by atoms with E-state index in [0.717, 1.165) is 0 Å². The second-order valence-electron chi connectivity index (χ2n) is 3.73. The second kappa shape index (κ2) is 5.35. The van der Waals surface area contributed by atoms with Gasteiger partial charge in [-0.2, -0.15) is 39.5 Å². The minimum atomic E-state index is -6.92. The van der Waals surface area contributed by atoms with E-state index in [2.05, 4.69) is 0 Å². The second-order valence-corrected chi connectivity index (χ2v) is 3.73. The minimum Gasteiger partial charge on any atom is -0.394 e. The normalized spacial score (nSPS) is 16.6. The summed E-state index contributed by atoms with van der Waals surface area (Å²) in [7, 11) is 0. The summed E-state index contributed by atoms with van der Waals surface area (Å²) in [5.74, 6) is -19.3. The Labute approximate surface area is 100 Å². The highest BCUT2D eigenvalue weighted by molar-refractivity contribution is 5.00. The van der Waals surface area contributed by atoms with E-state index < -0.39 is 49.5 Å². The van der Waals surface area contributed by atoms with E-state index in [9.17, 15) is 39.5 Å². The Balaban J connectivity index is 5.17. The van der Waals surface area contributed by atoms with E-state index in [1.807, 2.05) is 0 Å². The van der Waals surface area contributed by atoms with Crippen molar-refractivity contribution >= 4 is 0 Å². The van der Waals surface area contributed by atoms with Gasteiger partial charge in [-0.15, -0.1) is 0 Å². The fraction of sp³-hybridized carbons (Fsp3) is 1.00. The molecule has 0 aromatic heterocycles. The number of aliphatic hydroxyl groups excluding tert-OH is 2. The van der Waals surface area contributed by atoms with Gasteiger partial charge in [-0.1, -0.05) is 0 Å². The maximum absolute atomic E-state index is 12.8. The van der Waals surface area contributed by atoms with Crippen LogP contribution in [-0.4, -0.2) is 46.9 Å². The summed E-state index contributed by atoms with van der Waals surface area (Å²) in [6, 6.07) is 0. The molecule has 0 amide bonds. The maximum atomic E-state index is 12.8. The number of halogens is 9. The van der Waals surface area contributed by atoms with Crippen LogP contribution in [0.1, 0.15) is 12.8 Å². The highest BCUT2D eigenvalue weighted by Gasteiger charge is 2.81. The van der Waals surface area contributed by atoms with Crippen LogP contribution in [0.2, 0.25) is 0 Å². The first-order chi connectivity index (χ1) is 8.20. The van der Waals surface area contributed by atoms with E-state index in [1.165, 1.54) is 0 Å². The highest BCUT2D eigenvalue weighted by Crippen LogP contribution is 2.54. The molecular weight excluding hydrogens is 299 g/mol. The molecule has 0 aliphatic heterocycles. The third kappa shape index (κ3) is 3.44. The van der Waals surface area contributed by atoms with Crippen molar-refractivity contribution in [3.63, 3.8) is 0 Å². The van der Waals surface area contributed by atoms with Crippen molar-refractivity contribution in [2.45, 2.75) is 42.9 Å². The molecule has 116 valence electrons. The highest BCUT2D eigenvalue weighted by atomic mass is 19.4. The molecule has 0 aromatic rings. The lowest BCUT2D eigenvalue weighted by atomic mass is 9.98. The summed E-state index contributed by atoms with van der Waals surface area (Å²) >= 11 is 0. The Kier molecular flexibility index (Phi) is 5.15. The van der Waals surface area contributed by atoms with Gasteiger partial charge in [-0.3, -0.25) is 0 Å². The largest absolute Gasteiger partial charge is 0.460 e. The predicted octanol–water partition coefficient (Wildman–Crippen LogP) is 2.59. The van der Waals surface area contributed by atoms with Crippen LogP contribution in [0.4, 0.5) is 39.5 Å². The number of hydrogen-bond acceptors (Lipinski definition) is 2. The smallest absolute Gasteiger partial charge is 0.394 e. The van der Waals surface area contributed by atoms with Gasteiger partial charge in [0.05, 0.1) is 12.7 Å². The third-order valence-electron chi connectivity index (χ3n) is 2.21. The molecule has 0 saturated carbocycles. The van der Waals surface area contributed by atoms with Crippen LogP contribution in [0.25, 0.3) is 0 Å². The minimum absolute atomic E-state index is 1.13. The molecule has 0 radical (unpaired) electrons. The van der Waals surface area contributed by atoms with Crippen LogP contribution in [0.5, 0.6) is 0 Å². The molecule has 0 aliphatic carbocycles. The van der Waals surface area contributed by atoms with E-state index >= 15 is 0 Å². The number of aliphatic hydroxyl groups is 2. The first-order valence-corrected chi connectivity index (χ1v) is 4.70. The van der Waals surface area contributed by atoms with Crippen molar-refractivity contribution in [1.82, 2.24) is 0 Å². The SMILES string of the molecule is OCC(O)CCC(F)(F)C(F)(F)C(F)(F)C(F)(F)F. The molecule has 19 heavy (non-hydrogen) atoms. The summed E-state index contributed by atoms with van der Waals surface area (Å²) in [6.45, 7) is -1.13. The molecular formula is C8H9F9O2. The van der Waals surface area contributed by atoms with E-state index in [0.29, 0.717) is 0 Å². The molecule has 0 spiro atoms. The van der Waals surface area contributed by atoms with Gasteiger partial charge in [0.25, 0.3) is 0 Å². The van der Waals surface area contributed by atoms with Crippen LogP contribution < -0.4 is 0 Å². The molecule has 2 nitrogen and oxygen atoms in total. The van der Waals surface area contributed by atoms with Crippen molar-refractivity contribution in [3.8, 4) is 0 Å². The average molecular weight is 308 g/mol. The molecule has 0 heterocycles. The third-order valence-corrected chi connectivity index (χ3v) is 2.21. The molecule has 1 atom stereocenters. The van der Waals surface area contributed by atoms with E-state index in [1.54, 1.807) is 0 Å². The number of hydrogen-bond donors (Lipinski definition) is 2. The van der Waals surface area contributed by atoms with Crippen LogP contribution in [0.3, 0.4) is 0 Å². The van der Waals surface area contributed by atoms with Crippen LogP contribution in [-0.2, 0) is 0 Å². The van der Waals surface area contributed by atoms with Crippen LogP contribution in [0.15, 0.2) is 0 Å². The molecule has 0 bridgehead atoms. The standard InChI is InChI=1S/C8H9F9O2/c9-5(10,2-1-4(19)3-18)6(11,12)7(13,14)8(15,16)17/h4,18-19H,1-3H2. The van der Waals surface area contributed by atoms with Crippen molar-refractivity contribution in [2.75, 3.05) is 6.61 Å². The van der Waals surface area contributed by atoms with Crippen molar-refractivity contribution in [2.24, 2.45) is 0 Å². The van der Waals surface area contributed by atoms with Gasteiger partial charge in [0.1, 0.15) is 0 Å². The average Bonchev–Trinajstić information content (AvgIpc) is 2.23. The van der Waals surface area contributed by atoms with Crippen molar-refractivity contribution in [1.29, 1.82) is 0 Å². The zero-order valence-electron chi connectivity index (χ0n) is 8.99. The lowest BCUT2D eigenvalue weighted by Gasteiger charge is -2.33. The zero-order chi connectivity index (χ0) is 15.7. The van der Waals surface area contributed by atoms with E-state index in [4.69, 9.17) is 10.2 Å². The van der Waals surface area contributed by atoms with E-state index in [-0.39, 0.29) is 0 Å². The molecule has 0 fully saturated rings. The van der Waals surface area contributed by atoms with Gasteiger partial charge in [0.2, 0.25) is 0 Å². The van der Waals surface area contributed by atoms with Crippen LogP contribution >= 0.6 is 0 Å². The van der Waals surface area contributed by atoms with Gasteiger partial charge in [-0.05, 0) is 6.42 Å². The molecule has 1 unspecified atom stereocenters. The van der Waals surface area contributed by atoms with Gasteiger partial charge < -0.3 is 10.2 Å². The summed E-state index contributed by atoms with van der Waals surface area (Å²) in [4.78, 5) is 0. The molecule has 0 saturated heterocycles. The van der Waals surface area contributed by atoms with Gasteiger partial charge in [-0.25, -0.2) is 0 Å². The quantitative estimate of drug-likeness (QED) is 0.741. The summed E-state index contributed by atoms with van der Waals surface area (Å²) < 4.78 is 111. The monoisotopic (exact) mass is 308 g/mol. The molecule has 11 heteroatoms. The fourth-order valence-corrected chi connectivity index (χ4v) is 1.00. The summed E-state index contributed by atoms with van der Waals surface area (Å²) in [6.07, 6.45) is -12.2. The topological polar surface area (TPSA) is 40.5 Å². The number of alkyl halides is 9. The Morgan fingerprint density at radius 3 is 1.53 bits per heavy atom. The predicted molar refractivity (Wildman–Crippen MR) is 43.2 cm³/mol. The lowest BCUT2D eigenvalue weighted by Crippen LogP contribution is -2.60. The van der Waals surface area contributed by atoms with Gasteiger partial charge >= 0.3 is 23.9 Å². The van der Waals surface area contributed by atoms with Crippen molar-refractivity contribution in [3.05, 3.63) is 0 Å². The zero-order valence-corrected chi connectivity index (χ0v) is 8.99. The molecule has 0 rings (SSSR count). The molecule has 2 N–H and O–H groups in total. The molecule has 0 aliphatic rings. The van der Waals surface area contributed by atoms with Crippen molar-refractivity contribution < 1.29 is 49.7 Å². The lowest BCUT2D eigenvalue weighted by molar-refractivity contribution is -0.397. The fourth-order valence-electron chi connectivity index (χ4n) is 1.00. The first-order valence-electron chi connectivity index (χ1n) is 4.70. The summed E-state index contributed by atoms with van der Waals surface area (Å²) in [5.41, 5.74) is 0.